The molecule has 0 spiro atoms. The lowest BCUT2D eigenvalue weighted by Gasteiger charge is -2.16. The van der Waals surface area contributed by atoms with Crippen LogP contribution in [-0.4, -0.2) is 16.6 Å². The molecule has 2 aromatic rings. The molecule has 0 aliphatic carbocycles. The number of nitrogens with one attached hydrogen (secondary N) is 1. The van der Waals surface area contributed by atoms with Gasteiger partial charge in [-0.3, -0.25) is 0 Å². The van der Waals surface area contributed by atoms with Crippen LogP contribution in [0.2, 0.25) is 0 Å². The minimum Gasteiger partial charge on any atom is -0.387 e. The van der Waals surface area contributed by atoms with Crippen molar-refractivity contribution >= 4 is 27.3 Å². The van der Waals surface area contributed by atoms with Gasteiger partial charge in [-0.1, -0.05) is 28.1 Å². The molecule has 3 nitrogen and oxygen atoms in total. The van der Waals surface area contributed by atoms with Crippen molar-refractivity contribution in [2.24, 2.45) is 0 Å². The van der Waals surface area contributed by atoms with Crippen molar-refractivity contribution in [3.8, 4) is 0 Å². The summed E-state index contributed by atoms with van der Waals surface area (Å²) in [6.45, 7) is 2.56. The molecule has 2 rings (SSSR count). The maximum atomic E-state index is 10.1. The van der Waals surface area contributed by atoms with E-state index in [1.54, 1.807) is 17.5 Å². The van der Waals surface area contributed by atoms with Crippen LogP contribution in [0.3, 0.4) is 0 Å². The van der Waals surface area contributed by atoms with Gasteiger partial charge in [-0.05, 0) is 24.6 Å². The van der Waals surface area contributed by atoms with Gasteiger partial charge < -0.3 is 10.4 Å². The van der Waals surface area contributed by atoms with Crippen molar-refractivity contribution in [3.63, 3.8) is 0 Å². The average molecular weight is 327 g/mol. The molecule has 0 radical (unpaired) electrons. The molecule has 0 aliphatic rings. The number of benzene rings is 1. The van der Waals surface area contributed by atoms with Gasteiger partial charge in [0.05, 0.1) is 12.1 Å². The standard InChI is InChI=1S/C13H15BrN2OS/c1-9(13-15-5-6-18-13)16-8-12(17)10-3-2-4-11(14)7-10/h2-7,9,12,16-17H,8H2,1H3. The highest BCUT2D eigenvalue weighted by Crippen LogP contribution is 2.19. The van der Waals surface area contributed by atoms with E-state index in [0.717, 1.165) is 15.0 Å². The minimum atomic E-state index is -0.509. The minimum absolute atomic E-state index is 0.159. The first-order valence-corrected chi connectivity index (χ1v) is 7.40. The Balaban J connectivity index is 1.90. The molecule has 0 amide bonds. The number of aromatic nitrogens is 1. The topological polar surface area (TPSA) is 45.1 Å². The monoisotopic (exact) mass is 326 g/mol. The fraction of sp³-hybridized carbons (Fsp3) is 0.308. The van der Waals surface area contributed by atoms with Crippen LogP contribution in [0, 0.1) is 0 Å². The highest BCUT2D eigenvalue weighted by Gasteiger charge is 2.12. The lowest BCUT2D eigenvalue weighted by atomic mass is 10.1. The van der Waals surface area contributed by atoms with Crippen LogP contribution in [0.4, 0.5) is 0 Å². The third kappa shape index (κ3) is 3.62. The van der Waals surface area contributed by atoms with E-state index in [9.17, 15) is 5.11 Å². The maximum absolute atomic E-state index is 10.1. The zero-order valence-corrected chi connectivity index (χ0v) is 12.4. The number of thiazole rings is 1. The molecule has 96 valence electrons. The fourth-order valence-electron chi connectivity index (χ4n) is 1.66. The molecule has 0 saturated heterocycles. The lowest BCUT2D eigenvalue weighted by Crippen LogP contribution is -2.24. The Morgan fingerprint density at radius 2 is 2.33 bits per heavy atom. The molecular weight excluding hydrogens is 312 g/mol. The molecule has 1 heterocycles. The number of halogens is 1. The highest BCUT2D eigenvalue weighted by molar-refractivity contribution is 9.10. The number of rotatable bonds is 5. The summed E-state index contributed by atoms with van der Waals surface area (Å²) in [5, 5.41) is 16.4. The van der Waals surface area contributed by atoms with E-state index in [1.165, 1.54) is 0 Å². The Labute approximate surface area is 119 Å². The van der Waals surface area contributed by atoms with E-state index in [0.29, 0.717) is 6.54 Å². The average Bonchev–Trinajstić information content (AvgIpc) is 2.89. The van der Waals surface area contributed by atoms with Crippen LogP contribution in [0.15, 0.2) is 40.3 Å². The van der Waals surface area contributed by atoms with E-state index in [1.807, 2.05) is 36.6 Å². The quantitative estimate of drug-likeness (QED) is 0.886. The summed E-state index contributed by atoms with van der Waals surface area (Å²) in [6.07, 6.45) is 1.29. The van der Waals surface area contributed by atoms with Crippen molar-refractivity contribution in [1.29, 1.82) is 0 Å². The van der Waals surface area contributed by atoms with E-state index >= 15 is 0 Å². The Morgan fingerprint density at radius 1 is 1.50 bits per heavy atom. The predicted molar refractivity (Wildman–Crippen MR) is 77.6 cm³/mol. The molecule has 0 fully saturated rings. The zero-order valence-electron chi connectivity index (χ0n) is 10.0. The molecular formula is C13H15BrN2OS. The number of hydrogen-bond donors (Lipinski definition) is 2. The maximum Gasteiger partial charge on any atom is 0.109 e. The van der Waals surface area contributed by atoms with Crippen LogP contribution in [0.25, 0.3) is 0 Å². The first kappa shape index (κ1) is 13.7. The van der Waals surface area contributed by atoms with Crippen LogP contribution in [0.5, 0.6) is 0 Å². The molecule has 1 aromatic carbocycles. The van der Waals surface area contributed by atoms with E-state index in [2.05, 4.69) is 26.2 Å². The van der Waals surface area contributed by atoms with E-state index in [-0.39, 0.29) is 6.04 Å². The third-order valence-electron chi connectivity index (χ3n) is 2.67. The van der Waals surface area contributed by atoms with Gasteiger partial charge in [0.25, 0.3) is 0 Å². The van der Waals surface area contributed by atoms with E-state index in [4.69, 9.17) is 0 Å². The summed E-state index contributed by atoms with van der Waals surface area (Å²) in [7, 11) is 0. The van der Waals surface area contributed by atoms with Crippen molar-refractivity contribution in [2.45, 2.75) is 19.1 Å². The molecule has 0 saturated carbocycles. The predicted octanol–water partition coefficient (Wildman–Crippen LogP) is 3.29. The smallest absolute Gasteiger partial charge is 0.109 e. The van der Waals surface area contributed by atoms with Gasteiger partial charge in [-0.2, -0.15) is 0 Å². The number of hydrogen-bond acceptors (Lipinski definition) is 4. The summed E-state index contributed by atoms with van der Waals surface area (Å²) >= 11 is 5.02. The van der Waals surface area contributed by atoms with Crippen LogP contribution < -0.4 is 5.32 Å². The Morgan fingerprint density at radius 3 is 3.00 bits per heavy atom. The second kappa shape index (κ2) is 6.43. The zero-order chi connectivity index (χ0) is 13.0. The van der Waals surface area contributed by atoms with Crippen molar-refractivity contribution in [2.75, 3.05) is 6.54 Å². The molecule has 2 N–H and O–H groups in total. The van der Waals surface area contributed by atoms with Crippen molar-refractivity contribution in [1.82, 2.24) is 10.3 Å². The summed E-state index contributed by atoms with van der Waals surface area (Å²) in [4.78, 5) is 4.25. The Kier molecular flexibility index (Phi) is 4.88. The van der Waals surface area contributed by atoms with E-state index < -0.39 is 6.10 Å². The molecule has 5 heteroatoms. The van der Waals surface area contributed by atoms with Gasteiger partial charge in [0.1, 0.15) is 5.01 Å². The SMILES string of the molecule is CC(NCC(O)c1cccc(Br)c1)c1nccs1. The second-order valence-electron chi connectivity index (χ2n) is 4.07. The number of aliphatic hydroxyl groups is 1. The van der Waals surface area contributed by atoms with Gasteiger partial charge in [-0.25, -0.2) is 4.98 Å². The highest BCUT2D eigenvalue weighted by atomic mass is 79.9. The van der Waals surface area contributed by atoms with Gasteiger partial charge in [0.2, 0.25) is 0 Å². The number of aliphatic hydroxyl groups excluding tert-OH is 1. The van der Waals surface area contributed by atoms with Crippen LogP contribution >= 0.6 is 27.3 Å². The lowest BCUT2D eigenvalue weighted by molar-refractivity contribution is 0.170. The summed E-state index contributed by atoms with van der Waals surface area (Å²) in [6, 6.07) is 7.88. The number of nitrogens with zero attached hydrogens (tertiary/aromatic N) is 1. The summed E-state index contributed by atoms with van der Waals surface area (Å²) in [5.41, 5.74) is 0.906. The first-order valence-electron chi connectivity index (χ1n) is 5.73. The van der Waals surface area contributed by atoms with Crippen LogP contribution in [0.1, 0.15) is 29.6 Å². The largest absolute Gasteiger partial charge is 0.387 e. The first-order chi connectivity index (χ1) is 8.66. The van der Waals surface area contributed by atoms with Crippen LogP contribution in [-0.2, 0) is 0 Å². The molecule has 2 unspecified atom stereocenters. The molecule has 0 aliphatic heterocycles. The Hall–Kier alpha value is -0.750. The van der Waals surface area contributed by atoms with Gasteiger partial charge in [0, 0.05) is 22.6 Å². The molecule has 1 aromatic heterocycles. The van der Waals surface area contributed by atoms with Crippen molar-refractivity contribution in [3.05, 3.63) is 50.9 Å². The second-order valence-corrected chi connectivity index (χ2v) is 5.91. The Bertz CT molecular complexity index is 489. The molecule has 2 atom stereocenters. The van der Waals surface area contributed by atoms with Crippen molar-refractivity contribution < 1.29 is 5.11 Å². The summed E-state index contributed by atoms with van der Waals surface area (Å²) < 4.78 is 0.979. The summed E-state index contributed by atoms with van der Waals surface area (Å²) in [5.74, 6) is 0. The fourth-order valence-corrected chi connectivity index (χ4v) is 2.74. The normalized spacial score (nSPS) is 14.4. The molecule has 18 heavy (non-hydrogen) atoms. The van der Waals surface area contributed by atoms with Gasteiger partial charge in [-0.15, -0.1) is 11.3 Å². The van der Waals surface area contributed by atoms with Gasteiger partial charge >= 0.3 is 0 Å². The third-order valence-corrected chi connectivity index (χ3v) is 4.12. The van der Waals surface area contributed by atoms with Gasteiger partial charge in [0.15, 0.2) is 0 Å². The molecule has 0 bridgehead atoms.